The molecule has 10 heteroatoms. The Labute approximate surface area is 237 Å². The van der Waals surface area contributed by atoms with E-state index in [0.717, 1.165) is 16.7 Å². The largest absolute Gasteiger partial charge is 0.388 e. The smallest absolute Gasteiger partial charge is 0.189 e. The minimum atomic E-state index is -1.71. The van der Waals surface area contributed by atoms with Crippen LogP contribution >= 0.6 is 0 Å². The summed E-state index contributed by atoms with van der Waals surface area (Å²) in [5, 5.41) is 62.7. The van der Waals surface area contributed by atoms with Crippen molar-refractivity contribution in [3.63, 3.8) is 0 Å². The minimum Gasteiger partial charge on any atom is -0.388 e. The fourth-order valence-electron chi connectivity index (χ4n) is 5.40. The highest BCUT2D eigenvalue weighted by molar-refractivity contribution is 5.47. The molecule has 2 aliphatic heterocycles. The first kappa shape index (κ1) is 29.7. The molecule has 0 spiro atoms. The van der Waals surface area contributed by atoms with Crippen molar-refractivity contribution in [1.29, 1.82) is 0 Å². The topological polar surface area (TPSA) is 158 Å². The van der Waals surface area contributed by atoms with E-state index < -0.39 is 67.0 Å². The molecule has 6 N–H and O–H groups in total. The normalized spacial score (nSPS) is 34.3. The number of benzene rings is 3. The van der Waals surface area contributed by atoms with Crippen molar-refractivity contribution in [2.45, 2.75) is 73.9 Å². The quantitative estimate of drug-likeness (QED) is 0.213. The van der Waals surface area contributed by atoms with Gasteiger partial charge in [0, 0.05) is 0 Å². The van der Waals surface area contributed by atoms with Crippen LogP contribution in [-0.2, 0) is 24.5 Å². The second-order valence-corrected chi connectivity index (χ2v) is 10.4. The lowest BCUT2D eigenvalue weighted by molar-refractivity contribution is -0.375. The molecule has 2 unspecified atom stereocenters. The molecule has 2 heterocycles. The lowest BCUT2D eigenvalue weighted by atomic mass is 9.80. The zero-order valence-corrected chi connectivity index (χ0v) is 22.5. The van der Waals surface area contributed by atoms with E-state index >= 15 is 0 Å². The maximum Gasteiger partial charge on any atom is 0.189 e. The van der Waals surface area contributed by atoms with Crippen molar-refractivity contribution < 1.29 is 49.6 Å². The lowest BCUT2D eigenvalue weighted by Gasteiger charge is -2.45. The summed E-state index contributed by atoms with van der Waals surface area (Å²) in [7, 11) is 0. The van der Waals surface area contributed by atoms with Gasteiger partial charge >= 0.3 is 0 Å². The van der Waals surface area contributed by atoms with Crippen LogP contribution in [0.4, 0.5) is 0 Å². The highest BCUT2D eigenvalue weighted by atomic mass is 16.8. The molecule has 2 saturated heterocycles. The number of hydrogen-bond acceptors (Lipinski definition) is 10. The van der Waals surface area contributed by atoms with E-state index in [1.807, 2.05) is 91.0 Å². The first-order valence-corrected chi connectivity index (χ1v) is 13.6. The van der Waals surface area contributed by atoms with Crippen LogP contribution in [0.15, 0.2) is 91.0 Å². The highest BCUT2D eigenvalue weighted by Crippen LogP contribution is 2.41. The van der Waals surface area contributed by atoms with Gasteiger partial charge in [-0.25, -0.2) is 0 Å². The predicted octanol–water partition coefficient (Wildman–Crippen LogP) is 0.647. The van der Waals surface area contributed by atoms with Crippen LogP contribution in [0.25, 0.3) is 0 Å². The van der Waals surface area contributed by atoms with Crippen molar-refractivity contribution in [2.75, 3.05) is 6.61 Å². The number of hydrogen-bond donors (Lipinski definition) is 6. The summed E-state index contributed by atoms with van der Waals surface area (Å²) >= 11 is 0. The van der Waals surface area contributed by atoms with Gasteiger partial charge in [-0.15, -0.1) is 0 Å². The maximum atomic E-state index is 10.9. The molecular formula is C31H36O10. The lowest BCUT2D eigenvalue weighted by Crippen LogP contribution is -2.63. The Morgan fingerprint density at radius 2 is 0.976 bits per heavy atom. The SMILES string of the molecule is C[C@H]1OC(OC2O[C@H](COC(c3ccccc3)(c3ccccc3)c3ccccc3)[C@@H](O)[C@H](O)[C@H]2O)[C@H](O)[C@@H](O)[C@@H]1O. The summed E-state index contributed by atoms with van der Waals surface area (Å²) in [5.74, 6) is 0. The van der Waals surface area contributed by atoms with Crippen LogP contribution in [0.3, 0.4) is 0 Å². The number of aliphatic hydroxyl groups is 6. The van der Waals surface area contributed by atoms with E-state index in [2.05, 4.69) is 0 Å². The molecule has 2 aliphatic rings. The van der Waals surface area contributed by atoms with E-state index in [0.29, 0.717) is 0 Å². The number of rotatable bonds is 8. The standard InChI is InChI=1S/C31H36O10/c1-18-23(32)25(34)27(36)29(39-18)41-30-28(37)26(35)24(33)22(40-30)17-38-31(19-11-5-2-6-12-19,20-13-7-3-8-14-20)21-15-9-4-10-16-21/h2-16,18,22-30,32-37H,17H2,1H3/t18-,22-,23-,24-,25+,26+,27-,28-,29?,30?/m1/s1. The molecule has 5 rings (SSSR count). The van der Waals surface area contributed by atoms with Gasteiger partial charge in [0.25, 0.3) is 0 Å². The van der Waals surface area contributed by atoms with E-state index in [4.69, 9.17) is 18.9 Å². The summed E-state index contributed by atoms with van der Waals surface area (Å²) in [5.41, 5.74) is 1.31. The van der Waals surface area contributed by atoms with Crippen molar-refractivity contribution >= 4 is 0 Å². The Balaban J connectivity index is 1.44. The first-order chi connectivity index (χ1) is 19.7. The predicted molar refractivity (Wildman–Crippen MR) is 145 cm³/mol. The molecule has 220 valence electrons. The molecule has 0 saturated carbocycles. The van der Waals surface area contributed by atoms with Gasteiger partial charge in [-0.1, -0.05) is 91.0 Å². The third kappa shape index (κ3) is 5.81. The average molecular weight is 569 g/mol. The van der Waals surface area contributed by atoms with Crippen LogP contribution in [0.5, 0.6) is 0 Å². The Morgan fingerprint density at radius 3 is 1.44 bits per heavy atom. The van der Waals surface area contributed by atoms with Gasteiger partial charge in [0.15, 0.2) is 12.6 Å². The maximum absolute atomic E-state index is 10.9. The van der Waals surface area contributed by atoms with Gasteiger partial charge < -0.3 is 49.6 Å². The summed E-state index contributed by atoms with van der Waals surface area (Å²) in [6.07, 6.45) is -14.6. The highest BCUT2D eigenvalue weighted by Gasteiger charge is 2.50. The molecule has 3 aromatic rings. The van der Waals surface area contributed by atoms with Crippen LogP contribution in [0.1, 0.15) is 23.6 Å². The molecule has 0 aliphatic carbocycles. The molecule has 10 nitrogen and oxygen atoms in total. The minimum absolute atomic E-state index is 0.241. The summed E-state index contributed by atoms with van der Waals surface area (Å²) < 4.78 is 23.7. The van der Waals surface area contributed by atoms with Gasteiger partial charge in [-0.3, -0.25) is 0 Å². The van der Waals surface area contributed by atoms with E-state index in [-0.39, 0.29) is 6.61 Å². The van der Waals surface area contributed by atoms with Gasteiger partial charge in [0.1, 0.15) is 48.3 Å². The van der Waals surface area contributed by atoms with Gasteiger partial charge in [-0.05, 0) is 23.6 Å². The van der Waals surface area contributed by atoms with E-state index in [1.54, 1.807) is 0 Å². The zero-order valence-electron chi connectivity index (χ0n) is 22.5. The fraction of sp³-hybridized carbons (Fsp3) is 0.419. The second kappa shape index (κ2) is 12.6. The number of ether oxygens (including phenoxy) is 4. The third-order valence-corrected chi connectivity index (χ3v) is 7.75. The van der Waals surface area contributed by atoms with Crippen LogP contribution in [0.2, 0.25) is 0 Å². The third-order valence-electron chi connectivity index (χ3n) is 7.75. The van der Waals surface area contributed by atoms with E-state index in [9.17, 15) is 30.6 Å². The Kier molecular flexibility index (Phi) is 9.17. The monoisotopic (exact) mass is 568 g/mol. The van der Waals surface area contributed by atoms with Gasteiger partial charge in [0.2, 0.25) is 0 Å². The molecular weight excluding hydrogens is 532 g/mol. The first-order valence-electron chi connectivity index (χ1n) is 13.6. The van der Waals surface area contributed by atoms with Crippen molar-refractivity contribution in [1.82, 2.24) is 0 Å². The Hall–Kier alpha value is -2.74. The average Bonchev–Trinajstić information content (AvgIpc) is 3.01. The fourth-order valence-corrected chi connectivity index (χ4v) is 5.40. The van der Waals surface area contributed by atoms with E-state index in [1.165, 1.54) is 6.92 Å². The second-order valence-electron chi connectivity index (χ2n) is 10.4. The van der Waals surface area contributed by atoms with Gasteiger partial charge in [-0.2, -0.15) is 0 Å². The molecule has 0 radical (unpaired) electrons. The summed E-state index contributed by atoms with van der Waals surface area (Å²) in [4.78, 5) is 0. The zero-order chi connectivity index (χ0) is 29.1. The van der Waals surface area contributed by atoms with Crippen molar-refractivity contribution in [3.8, 4) is 0 Å². The van der Waals surface area contributed by atoms with Crippen LogP contribution in [-0.4, -0.2) is 98.7 Å². The van der Waals surface area contributed by atoms with Crippen molar-refractivity contribution in [3.05, 3.63) is 108 Å². The molecule has 0 amide bonds. The molecule has 41 heavy (non-hydrogen) atoms. The molecule has 0 aromatic heterocycles. The number of aliphatic hydroxyl groups excluding tert-OH is 6. The molecule has 0 bridgehead atoms. The molecule has 10 atom stereocenters. The van der Waals surface area contributed by atoms with Crippen LogP contribution in [0, 0.1) is 0 Å². The summed E-state index contributed by atoms with van der Waals surface area (Å²) in [6.45, 7) is 1.25. The van der Waals surface area contributed by atoms with Gasteiger partial charge in [0.05, 0.1) is 12.7 Å². The Morgan fingerprint density at radius 1 is 0.561 bits per heavy atom. The van der Waals surface area contributed by atoms with Crippen molar-refractivity contribution in [2.24, 2.45) is 0 Å². The molecule has 3 aromatic carbocycles. The van der Waals surface area contributed by atoms with Crippen LogP contribution < -0.4 is 0 Å². The Bertz CT molecular complexity index is 1130. The molecule has 2 fully saturated rings. The summed E-state index contributed by atoms with van der Waals surface area (Å²) in [6, 6.07) is 28.7.